The van der Waals surface area contributed by atoms with Gasteiger partial charge in [-0.25, -0.2) is 4.98 Å². The summed E-state index contributed by atoms with van der Waals surface area (Å²) in [5, 5.41) is 13.6. The standard InChI is InChI=1S/C16H13N3O3S/c20-14(21)9-13-15(11-5-2-1-3-6-11)18-16(23-13)19-17-10-12-7-4-8-22-12/h1-8,10H,9H2,(H,18,19)(H,20,21). The number of thiazole rings is 1. The van der Waals surface area contributed by atoms with E-state index in [2.05, 4.69) is 15.5 Å². The van der Waals surface area contributed by atoms with Gasteiger partial charge in [0.05, 0.1) is 24.6 Å². The number of nitrogens with zero attached hydrogens (tertiary/aromatic N) is 2. The first-order chi connectivity index (χ1) is 11.2. The van der Waals surface area contributed by atoms with Gasteiger partial charge in [-0.05, 0) is 12.1 Å². The predicted molar refractivity (Wildman–Crippen MR) is 88.8 cm³/mol. The molecule has 6 nitrogen and oxygen atoms in total. The summed E-state index contributed by atoms with van der Waals surface area (Å²) < 4.78 is 5.14. The van der Waals surface area contributed by atoms with Crippen LogP contribution in [0.3, 0.4) is 0 Å². The van der Waals surface area contributed by atoms with E-state index >= 15 is 0 Å². The maximum atomic E-state index is 11.0. The lowest BCUT2D eigenvalue weighted by Crippen LogP contribution is -1.99. The van der Waals surface area contributed by atoms with Crippen LogP contribution in [0, 0.1) is 0 Å². The third kappa shape index (κ3) is 3.83. The summed E-state index contributed by atoms with van der Waals surface area (Å²) in [6.07, 6.45) is 3.01. The van der Waals surface area contributed by atoms with E-state index in [0.29, 0.717) is 21.5 Å². The van der Waals surface area contributed by atoms with Gasteiger partial charge in [0, 0.05) is 10.4 Å². The molecule has 2 aromatic heterocycles. The molecule has 0 spiro atoms. The lowest BCUT2D eigenvalue weighted by molar-refractivity contribution is -0.136. The third-order valence-corrected chi connectivity index (χ3v) is 3.91. The van der Waals surface area contributed by atoms with Crippen LogP contribution in [0.1, 0.15) is 10.6 Å². The van der Waals surface area contributed by atoms with Gasteiger partial charge < -0.3 is 9.52 Å². The zero-order chi connectivity index (χ0) is 16.1. The molecule has 1 aromatic carbocycles. The molecule has 7 heteroatoms. The zero-order valence-corrected chi connectivity index (χ0v) is 12.8. The van der Waals surface area contributed by atoms with Crippen molar-refractivity contribution in [3.8, 4) is 11.3 Å². The number of anilines is 1. The Kier molecular flexibility index (Phi) is 4.49. The zero-order valence-electron chi connectivity index (χ0n) is 12.0. The average molecular weight is 327 g/mol. The molecule has 0 saturated carbocycles. The highest BCUT2D eigenvalue weighted by molar-refractivity contribution is 7.16. The molecular formula is C16H13N3O3S. The Hall–Kier alpha value is -2.93. The minimum Gasteiger partial charge on any atom is -0.481 e. The van der Waals surface area contributed by atoms with Crippen LogP contribution in [0.5, 0.6) is 0 Å². The first-order valence-electron chi connectivity index (χ1n) is 6.82. The molecule has 0 atom stereocenters. The second-order valence-corrected chi connectivity index (χ2v) is 5.70. The second kappa shape index (κ2) is 6.89. The minimum absolute atomic E-state index is 0.0779. The SMILES string of the molecule is O=C(O)Cc1sc(NN=Cc2ccco2)nc1-c1ccccc1. The molecule has 0 unspecified atom stereocenters. The first kappa shape index (κ1) is 15.0. The minimum atomic E-state index is -0.892. The number of nitrogens with one attached hydrogen (secondary N) is 1. The molecule has 0 aliphatic rings. The van der Waals surface area contributed by atoms with Crippen molar-refractivity contribution in [1.29, 1.82) is 0 Å². The Morgan fingerprint density at radius 1 is 1.30 bits per heavy atom. The topological polar surface area (TPSA) is 87.7 Å². The number of hydrogen-bond donors (Lipinski definition) is 2. The van der Waals surface area contributed by atoms with E-state index in [4.69, 9.17) is 9.52 Å². The average Bonchev–Trinajstić information content (AvgIpc) is 3.18. The number of carboxylic acids is 1. The van der Waals surface area contributed by atoms with E-state index < -0.39 is 5.97 Å². The Morgan fingerprint density at radius 3 is 2.83 bits per heavy atom. The van der Waals surface area contributed by atoms with Crippen molar-refractivity contribution in [1.82, 2.24) is 4.98 Å². The van der Waals surface area contributed by atoms with E-state index in [1.165, 1.54) is 17.6 Å². The molecule has 3 aromatic rings. The molecule has 0 amide bonds. The maximum Gasteiger partial charge on any atom is 0.308 e. The van der Waals surface area contributed by atoms with Gasteiger partial charge in [-0.2, -0.15) is 5.10 Å². The lowest BCUT2D eigenvalue weighted by atomic mass is 10.1. The van der Waals surface area contributed by atoms with Crippen LogP contribution >= 0.6 is 11.3 Å². The number of carbonyl (C=O) groups is 1. The van der Waals surface area contributed by atoms with Gasteiger partial charge in [0.2, 0.25) is 5.13 Å². The molecule has 3 rings (SSSR count). The molecule has 0 radical (unpaired) electrons. The molecule has 2 heterocycles. The van der Waals surface area contributed by atoms with Crippen LogP contribution in [-0.2, 0) is 11.2 Å². The van der Waals surface area contributed by atoms with Gasteiger partial charge in [0.1, 0.15) is 5.76 Å². The van der Waals surface area contributed by atoms with Crippen molar-refractivity contribution in [2.75, 3.05) is 5.43 Å². The molecule has 0 fully saturated rings. The summed E-state index contributed by atoms with van der Waals surface area (Å²) in [6.45, 7) is 0. The molecule has 2 N–H and O–H groups in total. The van der Waals surface area contributed by atoms with Crippen molar-refractivity contribution in [3.63, 3.8) is 0 Å². The van der Waals surface area contributed by atoms with Crippen molar-refractivity contribution >= 4 is 28.7 Å². The molecule has 116 valence electrons. The van der Waals surface area contributed by atoms with Crippen molar-refractivity contribution < 1.29 is 14.3 Å². The van der Waals surface area contributed by atoms with Crippen LogP contribution in [0.25, 0.3) is 11.3 Å². The number of hydrazone groups is 1. The molecule has 0 aliphatic heterocycles. The van der Waals surface area contributed by atoms with Gasteiger partial charge in [0.25, 0.3) is 0 Å². The molecule has 23 heavy (non-hydrogen) atoms. The molecule has 0 aliphatic carbocycles. The van der Waals surface area contributed by atoms with Gasteiger partial charge in [-0.3, -0.25) is 10.2 Å². The fraction of sp³-hybridized carbons (Fsp3) is 0.0625. The summed E-state index contributed by atoms with van der Waals surface area (Å²) in [6, 6.07) is 13.0. The number of hydrogen-bond acceptors (Lipinski definition) is 6. The van der Waals surface area contributed by atoms with Crippen LogP contribution in [0.4, 0.5) is 5.13 Å². The monoisotopic (exact) mass is 327 g/mol. The quantitative estimate of drug-likeness (QED) is 0.534. The fourth-order valence-electron chi connectivity index (χ4n) is 1.99. The van der Waals surface area contributed by atoms with E-state index in [-0.39, 0.29) is 6.42 Å². The summed E-state index contributed by atoms with van der Waals surface area (Å²) in [4.78, 5) is 16.2. The molecular weight excluding hydrogens is 314 g/mol. The number of aliphatic carboxylic acids is 1. The molecule has 0 bridgehead atoms. The van der Waals surface area contributed by atoms with Crippen LogP contribution < -0.4 is 5.43 Å². The number of rotatable bonds is 6. The van der Waals surface area contributed by atoms with E-state index in [0.717, 1.165) is 5.56 Å². The highest BCUT2D eigenvalue weighted by Gasteiger charge is 2.15. The highest BCUT2D eigenvalue weighted by Crippen LogP contribution is 2.31. The third-order valence-electron chi connectivity index (χ3n) is 2.95. The summed E-state index contributed by atoms with van der Waals surface area (Å²) in [5.41, 5.74) is 4.35. The number of benzene rings is 1. The Morgan fingerprint density at radius 2 is 2.13 bits per heavy atom. The largest absolute Gasteiger partial charge is 0.481 e. The number of furan rings is 1. The summed E-state index contributed by atoms with van der Waals surface area (Å²) in [7, 11) is 0. The van der Waals surface area contributed by atoms with Gasteiger partial charge in [0.15, 0.2) is 0 Å². The maximum absolute atomic E-state index is 11.0. The Balaban J connectivity index is 1.84. The predicted octanol–water partition coefficient (Wildman–Crippen LogP) is 3.48. The van der Waals surface area contributed by atoms with Gasteiger partial charge in [-0.15, -0.1) is 0 Å². The van der Waals surface area contributed by atoms with Crippen molar-refractivity contribution in [2.45, 2.75) is 6.42 Å². The normalized spacial score (nSPS) is 11.0. The van der Waals surface area contributed by atoms with Crippen LogP contribution in [0.15, 0.2) is 58.2 Å². The first-order valence-corrected chi connectivity index (χ1v) is 7.63. The molecule has 0 saturated heterocycles. The van der Waals surface area contributed by atoms with E-state index in [1.807, 2.05) is 30.3 Å². The fourth-order valence-corrected chi connectivity index (χ4v) is 2.92. The van der Waals surface area contributed by atoms with Crippen molar-refractivity contribution in [3.05, 3.63) is 59.4 Å². The number of carboxylic acid groups (broad SMARTS) is 1. The highest BCUT2D eigenvalue weighted by atomic mass is 32.1. The second-order valence-electron chi connectivity index (χ2n) is 4.61. The van der Waals surface area contributed by atoms with Crippen LogP contribution in [0.2, 0.25) is 0 Å². The van der Waals surface area contributed by atoms with Gasteiger partial charge >= 0.3 is 5.97 Å². The van der Waals surface area contributed by atoms with Crippen molar-refractivity contribution in [2.24, 2.45) is 5.10 Å². The smallest absolute Gasteiger partial charge is 0.308 e. The number of aromatic nitrogens is 1. The Bertz CT molecular complexity index is 810. The lowest BCUT2D eigenvalue weighted by Gasteiger charge is -1.99. The van der Waals surface area contributed by atoms with E-state index in [9.17, 15) is 4.79 Å². The van der Waals surface area contributed by atoms with Gasteiger partial charge in [-0.1, -0.05) is 41.7 Å². The summed E-state index contributed by atoms with van der Waals surface area (Å²) >= 11 is 1.27. The van der Waals surface area contributed by atoms with Crippen LogP contribution in [-0.4, -0.2) is 22.3 Å². The van der Waals surface area contributed by atoms with E-state index in [1.54, 1.807) is 18.4 Å². The summed E-state index contributed by atoms with van der Waals surface area (Å²) in [5.74, 6) is -0.278. The Labute approximate surface area is 136 Å².